The van der Waals surface area contributed by atoms with E-state index in [0.717, 1.165) is 66.1 Å². The van der Waals surface area contributed by atoms with E-state index in [0.29, 0.717) is 41.5 Å². The van der Waals surface area contributed by atoms with Crippen LogP contribution in [0.4, 0.5) is 4.79 Å². The molecule has 3 fully saturated rings. The molecule has 0 atom stereocenters. The monoisotopic (exact) mass is 705 g/mol. The number of carbonyl (C=O) groups is 2. The number of piperidine rings is 1. The Morgan fingerprint density at radius 1 is 1.14 bits per heavy atom. The number of rotatable bonds is 8. The lowest BCUT2D eigenvalue weighted by Gasteiger charge is -2.51. The Labute approximate surface area is 303 Å². The van der Waals surface area contributed by atoms with Gasteiger partial charge in [0.15, 0.2) is 0 Å². The maximum absolute atomic E-state index is 11.5. The molecule has 2 aromatic carbocycles. The number of benzene rings is 2. The number of nitriles is 1. The first-order chi connectivity index (χ1) is 24.0. The van der Waals surface area contributed by atoms with E-state index in [4.69, 9.17) is 21.1 Å². The van der Waals surface area contributed by atoms with Crippen LogP contribution in [0.25, 0.3) is 22.0 Å². The predicted octanol–water partition coefficient (Wildman–Crippen LogP) is 8.48. The molecule has 9 nitrogen and oxygen atoms in total. The first kappa shape index (κ1) is 39.2. The maximum Gasteiger partial charge on any atom is 0.407 e. The molecule has 50 heavy (non-hydrogen) atoms. The molecule has 1 aromatic heterocycles. The van der Waals surface area contributed by atoms with Gasteiger partial charge in [-0.05, 0) is 107 Å². The SMILES string of the molecule is CC.CC1CC2(CCN(CCNC(=O)OC(C)(C)C)CC2)C1.N#Cc1cccc(-c2cn(C3CCOCC3)c3c(Cl)c(CNC=O)ccc23)c1. The largest absolute Gasteiger partial charge is 0.444 e. The second kappa shape index (κ2) is 18.1. The molecule has 1 saturated carbocycles. The number of likely N-dealkylation sites (tertiary alicyclic amines) is 1. The summed E-state index contributed by atoms with van der Waals surface area (Å²) in [5.74, 6) is 0.940. The standard InChI is InChI=1S/C22H20ClN3O2.C16H30N2O2.C2H6/c23-21-17(12-25-14-27)4-5-19-20(16-3-1-2-15(10-16)11-24)13-26(22(19)21)18-6-8-28-9-7-18;1-13-11-16(12-13)5-8-18(9-6-16)10-7-17-14(19)20-15(2,3)4;1-2/h1-5,10,13-14,18H,6-9,12H2,(H,25,27);13H,5-12H2,1-4H3,(H,17,19);1-2H3. The van der Waals surface area contributed by atoms with Crippen LogP contribution in [0.5, 0.6) is 0 Å². The number of amides is 2. The van der Waals surface area contributed by atoms with Gasteiger partial charge in [-0.2, -0.15) is 5.26 Å². The molecule has 0 unspecified atom stereocenters. The highest BCUT2D eigenvalue weighted by Crippen LogP contribution is 2.52. The van der Waals surface area contributed by atoms with Crippen LogP contribution in [0.15, 0.2) is 42.6 Å². The summed E-state index contributed by atoms with van der Waals surface area (Å²) in [7, 11) is 0. The van der Waals surface area contributed by atoms with Gasteiger partial charge < -0.3 is 29.6 Å². The molecule has 2 amide bonds. The van der Waals surface area contributed by atoms with Crippen molar-refractivity contribution >= 4 is 35.0 Å². The summed E-state index contributed by atoms with van der Waals surface area (Å²) in [6.45, 7) is 17.8. The second-order valence-electron chi connectivity index (χ2n) is 14.7. The van der Waals surface area contributed by atoms with Crippen LogP contribution in [0.3, 0.4) is 0 Å². The number of nitrogens with one attached hydrogen (secondary N) is 2. The first-order valence-corrected chi connectivity index (χ1v) is 18.6. The molecule has 10 heteroatoms. The normalized spacial score (nSPS) is 17.7. The summed E-state index contributed by atoms with van der Waals surface area (Å²) in [6, 6.07) is 14.1. The zero-order valence-electron chi connectivity index (χ0n) is 30.8. The van der Waals surface area contributed by atoms with E-state index in [9.17, 15) is 14.9 Å². The Hall–Kier alpha value is -3.58. The van der Waals surface area contributed by atoms with E-state index in [1.54, 1.807) is 6.07 Å². The number of fused-ring (bicyclic) bond motifs is 1. The minimum absolute atomic E-state index is 0.302. The van der Waals surface area contributed by atoms with E-state index in [-0.39, 0.29) is 6.09 Å². The molecule has 1 spiro atoms. The Morgan fingerprint density at radius 3 is 2.46 bits per heavy atom. The smallest absolute Gasteiger partial charge is 0.407 e. The van der Waals surface area contributed by atoms with Crippen molar-refractivity contribution in [3.63, 3.8) is 0 Å². The zero-order valence-corrected chi connectivity index (χ0v) is 31.6. The summed E-state index contributed by atoms with van der Waals surface area (Å²) in [5.41, 5.74) is 4.78. The molecule has 6 rings (SSSR count). The van der Waals surface area contributed by atoms with E-state index in [1.807, 2.05) is 65.0 Å². The number of hydrogen-bond acceptors (Lipinski definition) is 6. The number of hydrogen-bond donors (Lipinski definition) is 2. The van der Waals surface area contributed by atoms with E-state index < -0.39 is 5.60 Å². The minimum atomic E-state index is -0.414. The van der Waals surface area contributed by atoms with Gasteiger partial charge in [0.1, 0.15) is 5.60 Å². The van der Waals surface area contributed by atoms with Crippen LogP contribution in [-0.2, 0) is 20.8 Å². The molecule has 272 valence electrons. The third kappa shape index (κ3) is 10.2. The van der Waals surface area contributed by atoms with Gasteiger partial charge in [0.05, 0.1) is 22.2 Å². The molecule has 0 bridgehead atoms. The Bertz CT molecular complexity index is 1600. The predicted molar refractivity (Wildman–Crippen MR) is 201 cm³/mol. The summed E-state index contributed by atoms with van der Waals surface area (Å²) < 4.78 is 13.0. The molecule has 1 aliphatic carbocycles. The number of carbonyl (C=O) groups excluding carboxylic acids is 2. The lowest BCUT2D eigenvalue weighted by atomic mass is 9.58. The third-order valence-corrected chi connectivity index (χ3v) is 10.3. The molecule has 2 saturated heterocycles. The Kier molecular flexibility index (Phi) is 14.2. The highest BCUT2D eigenvalue weighted by atomic mass is 35.5. The molecular weight excluding hydrogens is 650 g/mol. The van der Waals surface area contributed by atoms with E-state index in [1.165, 1.54) is 38.8 Å². The van der Waals surface area contributed by atoms with Gasteiger partial charge in [-0.1, -0.05) is 56.6 Å². The average molecular weight is 706 g/mol. The lowest BCUT2D eigenvalue weighted by Crippen LogP contribution is -2.48. The van der Waals surface area contributed by atoms with Gasteiger partial charge in [-0.25, -0.2) is 4.79 Å². The fourth-order valence-electron chi connectivity index (χ4n) is 7.58. The van der Waals surface area contributed by atoms with Gasteiger partial charge in [-0.3, -0.25) is 4.79 Å². The van der Waals surface area contributed by atoms with Crippen molar-refractivity contribution in [2.45, 2.75) is 98.3 Å². The molecular formula is C40H56ClN5O4. The Balaban J connectivity index is 0.000000226. The number of aromatic nitrogens is 1. The Morgan fingerprint density at radius 2 is 1.84 bits per heavy atom. The quantitative estimate of drug-likeness (QED) is 0.228. The van der Waals surface area contributed by atoms with Gasteiger partial charge >= 0.3 is 6.09 Å². The van der Waals surface area contributed by atoms with Crippen molar-refractivity contribution in [3.05, 3.63) is 58.7 Å². The van der Waals surface area contributed by atoms with Gasteiger partial charge in [0.25, 0.3) is 0 Å². The van der Waals surface area contributed by atoms with Crippen molar-refractivity contribution in [2.75, 3.05) is 39.4 Å². The van der Waals surface area contributed by atoms with Crippen LogP contribution >= 0.6 is 11.6 Å². The average Bonchev–Trinajstić information content (AvgIpc) is 3.50. The van der Waals surface area contributed by atoms with Crippen LogP contribution in [-0.4, -0.2) is 67.0 Å². The molecule has 3 aliphatic rings. The summed E-state index contributed by atoms with van der Waals surface area (Å²) in [6.07, 6.45) is 9.89. The summed E-state index contributed by atoms with van der Waals surface area (Å²) >= 11 is 6.80. The van der Waals surface area contributed by atoms with Crippen LogP contribution in [0.1, 0.15) is 97.2 Å². The molecule has 2 aliphatic heterocycles. The highest BCUT2D eigenvalue weighted by Gasteiger charge is 2.43. The first-order valence-electron chi connectivity index (χ1n) is 18.3. The fraction of sp³-hybridized carbons (Fsp3) is 0.575. The second-order valence-corrected chi connectivity index (χ2v) is 15.1. The van der Waals surface area contributed by atoms with Crippen LogP contribution in [0.2, 0.25) is 5.02 Å². The van der Waals surface area contributed by atoms with E-state index >= 15 is 0 Å². The number of ether oxygens (including phenoxy) is 2. The number of alkyl carbamates (subject to hydrolysis) is 1. The van der Waals surface area contributed by atoms with E-state index in [2.05, 4.69) is 39.3 Å². The van der Waals surface area contributed by atoms with Crippen molar-refractivity contribution < 1.29 is 19.1 Å². The van der Waals surface area contributed by atoms with Crippen molar-refractivity contribution in [2.24, 2.45) is 11.3 Å². The summed E-state index contributed by atoms with van der Waals surface area (Å²) in [5, 5.41) is 16.5. The molecule has 3 aromatic rings. The lowest BCUT2D eigenvalue weighted by molar-refractivity contribution is -0.109. The maximum atomic E-state index is 11.5. The fourth-order valence-corrected chi connectivity index (χ4v) is 7.91. The zero-order chi connectivity index (χ0) is 36.3. The number of halogens is 1. The van der Waals surface area contributed by atoms with Crippen molar-refractivity contribution in [1.29, 1.82) is 5.26 Å². The van der Waals surface area contributed by atoms with Crippen molar-refractivity contribution in [1.82, 2.24) is 20.1 Å². The van der Waals surface area contributed by atoms with Gasteiger partial charge in [0, 0.05) is 56.0 Å². The molecule has 2 N–H and O–H groups in total. The van der Waals surface area contributed by atoms with Gasteiger partial charge in [-0.15, -0.1) is 0 Å². The highest BCUT2D eigenvalue weighted by molar-refractivity contribution is 6.36. The summed E-state index contributed by atoms with van der Waals surface area (Å²) in [4.78, 5) is 24.7. The minimum Gasteiger partial charge on any atom is -0.444 e. The topological polar surface area (TPSA) is 109 Å². The van der Waals surface area contributed by atoms with Crippen LogP contribution < -0.4 is 10.6 Å². The third-order valence-electron chi connectivity index (χ3n) is 9.85. The van der Waals surface area contributed by atoms with Crippen LogP contribution in [0, 0.1) is 22.7 Å². The van der Waals surface area contributed by atoms with Crippen molar-refractivity contribution in [3.8, 4) is 17.2 Å². The van der Waals surface area contributed by atoms with Gasteiger partial charge in [0.2, 0.25) is 6.41 Å². The molecule has 0 radical (unpaired) electrons. The molecule has 3 heterocycles. The number of nitrogens with zero attached hydrogens (tertiary/aromatic N) is 3.